The molecule has 1 heterocycles. The molecule has 2 aromatic rings. The van der Waals surface area contributed by atoms with E-state index in [1.807, 2.05) is 0 Å². The van der Waals surface area contributed by atoms with E-state index >= 15 is 0 Å². The number of nitrogens with one attached hydrogen (secondary N) is 1. The first-order valence-electron chi connectivity index (χ1n) is 5.29. The molecular weight excluding hydrogens is 334 g/mol. The highest BCUT2D eigenvalue weighted by Crippen LogP contribution is 2.37. The number of aromatic nitrogens is 2. The van der Waals surface area contributed by atoms with Gasteiger partial charge in [0.25, 0.3) is 0 Å². The van der Waals surface area contributed by atoms with Gasteiger partial charge < -0.3 is 14.8 Å². The molecule has 5 nitrogen and oxygen atoms in total. The second-order valence-corrected chi connectivity index (χ2v) is 4.79. The lowest BCUT2D eigenvalue weighted by Crippen LogP contribution is -1.99. The summed E-state index contributed by atoms with van der Waals surface area (Å²) in [6.45, 7) is 0. The van der Waals surface area contributed by atoms with E-state index in [-0.39, 0.29) is 0 Å². The van der Waals surface area contributed by atoms with Crippen molar-refractivity contribution < 1.29 is 9.47 Å². The topological polar surface area (TPSA) is 56.3 Å². The third kappa shape index (κ3) is 3.08. The summed E-state index contributed by atoms with van der Waals surface area (Å²) in [4.78, 5) is 8.03. The summed E-state index contributed by atoms with van der Waals surface area (Å²) < 4.78 is 11.2. The smallest absolute Gasteiger partial charge is 0.148 e. The molecule has 19 heavy (non-hydrogen) atoms. The van der Waals surface area contributed by atoms with Crippen LogP contribution in [0.3, 0.4) is 0 Å². The van der Waals surface area contributed by atoms with Gasteiger partial charge in [0, 0.05) is 18.3 Å². The standard InChI is InChI=1S/C12H11BrClN3O2/c1-18-10-4-9(11(19-2)3-8(10)14)17-12-7(13)5-15-6-16-12/h3-6H,1-2H3,(H,15,16,17). The van der Waals surface area contributed by atoms with Gasteiger partial charge in [0.15, 0.2) is 0 Å². The van der Waals surface area contributed by atoms with Crippen molar-refractivity contribution in [1.82, 2.24) is 9.97 Å². The second kappa shape index (κ2) is 6.08. The molecule has 0 unspecified atom stereocenters. The number of nitrogens with zero attached hydrogens (tertiary/aromatic N) is 2. The van der Waals surface area contributed by atoms with Gasteiger partial charge in [-0.15, -0.1) is 0 Å². The molecule has 1 N–H and O–H groups in total. The van der Waals surface area contributed by atoms with E-state index in [9.17, 15) is 0 Å². The predicted molar refractivity (Wildman–Crippen MR) is 77.6 cm³/mol. The molecule has 0 atom stereocenters. The number of halogens is 2. The number of methoxy groups -OCH3 is 2. The molecule has 0 spiro atoms. The lowest BCUT2D eigenvalue weighted by atomic mass is 10.2. The average molecular weight is 345 g/mol. The summed E-state index contributed by atoms with van der Waals surface area (Å²) in [5.74, 6) is 1.77. The number of benzene rings is 1. The van der Waals surface area contributed by atoms with Gasteiger partial charge in [-0.1, -0.05) is 11.6 Å². The largest absolute Gasteiger partial charge is 0.495 e. The van der Waals surface area contributed by atoms with Crippen LogP contribution in [0.5, 0.6) is 11.5 Å². The summed E-state index contributed by atoms with van der Waals surface area (Å²) in [6, 6.07) is 3.42. The van der Waals surface area contributed by atoms with Crippen LogP contribution in [0.1, 0.15) is 0 Å². The van der Waals surface area contributed by atoms with E-state index in [1.165, 1.54) is 6.33 Å². The summed E-state index contributed by atoms with van der Waals surface area (Å²) >= 11 is 9.41. The Morgan fingerprint density at radius 3 is 2.58 bits per heavy atom. The molecule has 0 saturated heterocycles. The number of ether oxygens (including phenoxy) is 2. The maximum Gasteiger partial charge on any atom is 0.148 e. The highest BCUT2D eigenvalue weighted by atomic mass is 79.9. The van der Waals surface area contributed by atoms with Crippen LogP contribution in [0.4, 0.5) is 11.5 Å². The number of anilines is 2. The Morgan fingerprint density at radius 2 is 1.95 bits per heavy atom. The molecule has 2 rings (SSSR count). The minimum absolute atomic E-state index is 0.478. The molecule has 7 heteroatoms. The molecule has 0 bridgehead atoms. The predicted octanol–water partition coefficient (Wildman–Crippen LogP) is 3.65. The Bertz CT molecular complexity index is 595. The van der Waals surface area contributed by atoms with Crippen LogP contribution >= 0.6 is 27.5 Å². The van der Waals surface area contributed by atoms with Crippen molar-refractivity contribution >= 4 is 39.0 Å². The third-order valence-electron chi connectivity index (χ3n) is 2.39. The second-order valence-electron chi connectivity index (χ2n) is 3.53. The van der Waals surface area contributed by atoms with Gasteiger partial charge in [-0.2, -0.15) is 0 Å². The van der Waals surface area contributed by atoms with E-state index in [2.05, 4.69) is 31.2 Å². The van der Waals surface area contributed by atoms with Crippen LogP contribution in [0.2, 0.25) is 5.02 Å². The minimum Gasteiger partial charge on any atom is -0.495 e. The Balaban J connectivity index is 2.41. The SMILES string of the molecule is COc1cc(Nc2ncncc2Br)c(OC)cc1Cl. The molecule has 0 fully saturated rings. The Kier molecular flexibility index (Phi) is 4.44. The number of hydrogen-bond donors (Lipinski definition) is 1. The Hall–Kier alpha value is -1.53. The van der Waals surface area contributed by atoms with E-state index in [0.717, 1.165) is 4.47 Å². The molecule has 1 aromatic carbocycles. The molecule has 0 aliphatic heterocycles. The van der Waals surface area contributed by atoms with Crippen molar-refractivity contribution in [3.8, 4) is 11.5 Å². The molecular formula is C12H11BrClN3O2. The zero-order valence-corrected chi connectivity index (χ0v) is 12.6. The van der Waals surface area contributed by atoms with Crippen molar-refractivity contribution in [2.45, 2.75) is 0 Å². The van der Waals surface area contributed by atoms with Gasteiger partial charge in [-0.3, -0.25) is 0 Å². The number of rotatable bonds is 4. The first kappa shape index (κ1) is 13.9. The summed E-state index contributed by atoms with van der Waals surface area (Å²) in [7, 11) is 3.12. The van der Waals surface area contributed by atoms with Gasteiger partial charge in [0.1, 0.15) is 23.6 Å². The lowest BCUT2D eigenvalue weighted by Gasteiger charge is -2.13. The fraction of sp³-hybridized carbons (Fsp3) is 0.167. The van der Waals surface area contributed by atoms with Crippen molar-refractivity contribution in [2.24, 2.45) is 0 Å². The molecule has 0 aliphatic rings. The molecule has 0 saturated carbocycles. The third-order valence-corrected chi connectivity index (χ3v) is 3.27. The fourth-order valence-electron chi connectivity index (χ4n) is 1.49. The van der Waals surface area contributed by atoms with Crippen LogP contribution < -0.4 is 14.8 Å². The minimum atomic E-state index is 0.478. The van der Waals surface area contributed by atoms with Crippen LogP contribution in [-0.4, -0.2) is 24.2 Å². The lowest BCUT2D eigenvalue weighted by molar-refractivity contribution is 0.405. The van der Waals surface area contributed by atoms with E-state index in [4.69, 9.17) is 21.1 Å². The van der Waals surface area contributed by atoms with Gasteiger partial charge in [-0.05, 0) is 15.9 Å². The first-order valence-corrected chi connectivity index (χ1v) is 6.47. The van der Waals surface area contributed by atoms with Crippen molar-refractivity contribution in [2.75, 3.05) is 19.5 Å². The maximum absolute atomic E-state index is 6.05. The summed E-state index contributed by atoms with van der Waals surface area (Å²) in [6.07, 6.45) is 3.10. The summed E-state index contributed by atoms with van der Waals surface area (Å²) in [5.41, 5.74) is 0.697. The molecule has 0 aliphatic carbocycles. The van der Waals surface area contributed by atoms with E-state index in [1.54, 1.807) is 32.5 Å². The van der Waals surface area contributed by atoms with Crippen LogP contribution in [0.25, 0.3) is 0 Å². The van der Waals surface area contributed by atoms with Gasteiger partial charge >= 0.3 is 0 Å². The molecule has 0 amide bonds. The highest BCUT2D eigenvalue weighted by molar-refractivity contribution is 9.10. The van der Waals surface area contributed by atoms with Crippen molar-refractivity contribution in [1.29, 1.82) is 0 Å². The van der Waals surface area contributed by atoms with Gasteiger partial charge in [-0.25, -0.2) is 9.97 Å². The highest BCUT2D eigenvalue weighted by Gasteiger charge is 2.11. The Morgan fingerprint density at radius 1 is 1.21 bits per heavy atom. The normalized spacial score (nSPS) is 10.1. The Labute approximate surface area is 124 Å². The van der Waals surface area contributed by atoms with Gasteiger partial charge in [0.05, 0.1) is 29.4 Å². The zero-order chi connectivity index (χ0) is 13.8. The number of hydrogen-bond acceptors (Lipinski definition) is 5. The monoisotopic (exact) mass is 343 g/mol. The van der Waals surface area contributed by atoms with Crippen molar-refractivity contribution in [3.05, 3.63) is 34.2 Å². The average Bonchev–Trinajstić information content (AvgIpc) is 2.42. The zero-order valence-electron chi connectivity index (χ0n) is 10.3. The van der Waals surface area contributed by atoms with Crippen molar-refractivity contribution in [3.63, 3.8) is 0 Å². The quantitative estimate of drug-likeness (QED) is 0.917. The van der Waals surface area contributed by atoms with Crippen LogP contribution in [0, 0.1) is 0 Å². The summed E-state index contributed by atoms with van der Waals surface area (Å²) in [5, 5.41) is 3.61. The molecule has 100 valence electrons. The molecule has 0 radical (unpaired) electrons. The van der Waals surface area contributed by atoms with E-state index in [0.29, 0.717) is 28.0 Å². The molecule has 1 aromatic heterocycles. The fourth-order valence-corrected chi connectivity index (χ4v) is 2.04. The van der Waals surface area contributed by atoms with Crippen LogP contribution in [0.15, 0.2) is 29.1 Å². The first-order chi connectivity index (χ1) is 9.15. The maximum atomic E-state index is 6.05. The van der Waals surface area contributed by atoms with Gasteiger partial charge in [0.2, 0.25) is 0 Å². The van der Waals surface area contributed by atoms with E-state index < -0.39 is 0 Å². The van der Waals surface area contributed by atoms with Crippen LogP contribution in [-0.2, 0) is 0 Å².